The molecule has 0 heterocycles. The largest absolute Gasteiger partial charge is 0.497 e. The van der Waals surface area contributed by atoms with Crippen molar-refractivity contribution in [3.05, 3.63) is 59.2 Å². The summed E-state index contributed by atoms with van der Waals surface area (Å²) in [5.41, 5.74) is 3.94. The molecule has 1 amide bonds. The molecule has 2 atom stereocenters. The molecule has 4 nitrogen and oxygen atoms in total. The maximum Gasteiger partial charge on any atom is 0.251 e. The molecule has 4 aliphatic carbocycles. The van der Waals surface area contributed by atoms with Gasteiger partial charge in [-0.15, -0.1) is 0 Å². The predicted molar refractivity (Wildman–Crippen MR) is 122 cm³/mol. The van der Waals surface area contributed by atoms with Gasteiger partial charge in [-0.3, -0.25) is 4.79 Å². The normalized spacial score (nSPS) is 30.8. The molecule has 4 fully saturated rings. The minimum absolute atomic E-state index is 0.0441. The Balaban J connectivity index is 1.36. The van der Waals surface area contributed by atoms with Crippen LogP contribution in [0.25, 0.3) is 0 Å². The lowest BCUT2D eigenvalue weighted by Gasteiger charge is -2.62. The van der Waals surface area contributed by atoms with Crippen LogP contribution in [0.4, 0.5) is 0 Å². The number of hydrogen-bond acceptors (Lipinski definition) is 3. The van der Waals surface area contributed by atoms with Crippen molar-refractivity contribution in [1.29, 1.82) is 0 Å². The number of rotatable bonds is 6. The van der Waals surface area contributed by atoms with Crippen LogP contribution in [-0.2, 0) is 5.41 Å². The lowest BCUT2D eigenvalue weighted by atomic mass is 9.43. The van der Waals surface area contributed by atoms with Gasteiger partial charge in [0.2, 0.25) is 0 Å². The van der Waals surface area contributed by atoms with Gasteiger partial charge >= 0.3 is 0 Å². The molecule has 4 heteroatoms. The highest BCUT2D eigenvalue weighted by atomic mass is 16.5. The van der Waals surface area contributed by atoms with Crippen molar-refractivity contribution < 1.29 is 14.3 Å². The third-order valence-corrected chi connectivity index (χ3v) is 8.08. The van der Waals surface area contributed by atoms with E-state index in [2.05, 4.69) is 36.5 Å². The van der Waals surface area contributed by atoms with Gasteiger partial charge in [0.1, 0.15) is 11.5 Å². The fourth-order valence-corrected chi connectivity index (χ4v) is 7.21. The van der Waals surface area contributed by atoms with E-state index < -0.39 is 0 Å². The van der Waals surface area contributed by atoms with Gasteiger partial charge in [0.25, 0.3) is 5.91 Å². The van der Waals surface area contributed by atoms with E-state index in [9.17, 15) is 4.79 Å². The predicted octanol–water partition coefficient (Wildman–Crippen LogP) is 5.28. The van der Waals surface area contributed by atoms with Crippen LogP contribution < -0.4 is 14.8 Å². The monoisotopic (exact) mass is 419 g/mol. The van der Waals surface area contributed by atoms with Gasteiger partial charge in [-0.05, 0) is 85.8 Å². The van der Waals surface area contributed by atoms with E-state index in [4.69, 9.17) is 9.47 Å². The summed E-state index contributed by atoms with van der Waals surface area (Å²) in [7, 11) is 3.22. The van der Waals surface area contributed by atoms with Gasteiger partial charge in [0, 0.05) is 18.2 Å². The molecule has 0 aromatic heterocycles. The molecule has 2 aromatic carbocycles. The fraction of sp³-hybridized carbons (Fsp3) is 0.519. The van der Waals surface area contributed by atoms with Gasteiger partial charge in [0.15, 0.2) is 0 Å². The Bertz CT molecular complexity index is 944. The summed E-state index contributed by atoms with van der Waals surface area (Å²) in [6, 6.07) is 14.6. The van der Waals surface area contributed by atoms with E-state index >= 15 is 0 Å². The van der Waals surface area contributed by atoms with Gasteiger partial charge in [-0.25, -0.2) is 0 Å². The third-order valence-electron chi connectivity index (χ3n) is 8.08. The first-order chi connectivity index (χ1) is 14.9. The Labute approximate surface area is 185 Å². The molecule has 31 heavy (non-hydrogen) atoms. The van der Waals surface area contributed by atoms with Crippen molar-refractivity contribution >= 4 is 5.91 Å². The molecule has 0 radical (unpaired) electrons. The molecule has 4 bridgehead atoms. The number of amides is 1. The zero-order valence-electron chi connectivity index (χ0n) is 18.9. The Hall–Kier alpha value is -2.49. The standard InChI is InChI=1S/C27H33NO3/c1-18-4-6-22(7-5-18)27-14-19-8-20(15-27)13-26(12-19,16-27)17-28-25(29)21-9-23(30-2)11-24(10-21)31-3/h4-7,9-11,19-20H,8,12-17H2,1-3H3,(H,28,29)/t19-,20-,26?,27?/m0/s1. The smallest absolute Gasteiger partial charge is 0.251 e. The van der Waals surface area contributed by atoms with E-state index in [-0.39, 0.29) is 11.3 Å². The molecule has 0 aliphatic heterocycles. The first kappa shape index (κ1) is 20.4. The number of aryl methyl sites for hydroxylation is 1. The van der Waals surface area contributed by atoms with Crippen molar-refractivity contribution in [3.8, 4) is 11.5 Å². The van der Waals surface area contributed by atoms with Crippen LogP contribution in [0.15, 0.2) is 42.5 Å². The van der Waals surface area contributed by atoms with E-state index in [0.29, 0.717) is 22.5 Å². The molecule has 0 saturated heterocycles. The summed E-state index contributed by atoms with van der Waals surface area (Å²) in [5.74, 6) is 2.81. The Morgan fingerprint density at radius 1 is 0.968 bits per heavy atom. The van der Waals surface area contributed by atoms with Crippen molar-refractivity contribution in [2.45, 2.75) is 50.9 Å². The Kier molecular flexibility index (Phi) is 4.99. The second-order valence-corrected chi connectivity index (χ2v) is 10.4. The third kappa shape index (κ3) is 3.71. The van der Waals surface area contributed by atoms with Crippen LogP contribution >= 0.6 is 0 Å². The number of ether oxygens (including phenoxy) is 2. The second-order valence-electron chi connectivity index (χ2n) is 10.4. The minimum atomic E-state index is -0.0441. The Morgan fingerprint density at radius 3 is 2.16 bits per heavy atom. The molecular formula is C27H33NO3. The highest BCUT2D eigenvalue weighted by Crippen LogP contribution is 2.65. The highest BCUT2D eigenvalue weighted by Gasteiger charge is 2.58. The van der Waals surface area contributed by atoms with Crippen LogP contribution in [-0.4, -0.2) is 26.7 Å². The lowest BCUT2D eigenvalue weighted by molar-refractivity contribution is -0.0697. The maximum absolute atomic E-state index is 13.0. The molecule has 0 unspecified atom stereocenters. The van der Waals surface area contributed by atoms with Crippen LogP contribution in [0, 0.1) is 24.2 Å². The SMILES string of the molecule is COc1cc(OC)cc(C(=O)NCC23C[C@@H]4C[C@@H](C2)CC(c2ccc(C)cc2)(C4)C3)c1. The lowest BCUT2D eigenvalue weighted by Crippen LogP contribution is -2.57. The van der Waals surface area contributed by atoms with Crippen molar-refractivity contribution in [2.75, 3.05) is 20.8 Å². The van der Waals surface area contributed by atoms with Crippen LogP contribution in [0.1, 0.15) is 60.0 Å². The summed E-state index contributed by atoms with van der Waals surface area (Å²) < 4.78 is 10.7. The number of methoxy groups -OCH3 is 2. The first-order valence-corrected chi connectivity index (χ1v) is 11.5. The van der Waals surface area contributed by atoms with Gasteiger partial charge in [-0.1, -0.05) is 29.8 Å². The second kappa shape index (κ2) is 7.58. The summed E-state index contributed by atoms with van der Waals surface area (Å²) in [4.78, 5) is 13.0. The van der Waals surface area contributed by atoms with Crippen LogP contribution in [0.3, 0.4) is 0 Å². The molecule has 2 aromatic rings. The quantitative estimate of drug-likeness (QED) is 0.693. The summed E-state index contributed by atoms with van der Waals surface area (Å²) in [5, 5.41) is 3.29. The molecule has 1 N–H and O–H groups in total. The maximum atomic E-state index is 13.0. The summed E-state index contributed by atoms with van der Waals surface area (Å²) >= 11 is 0. The highest BCUT2D eigenvalue weighted by molar-refractivity contribution is 5.95. The number of hydrogen-bond donors (Lipinski definition) is 1. The molecule has 0 spiro atoms. The minimum Gasteiger partial charge on any atom is -0.497 e. The molecule has 4 aliphatic rings. The zero-order valence-corrected chi connectivity index (χ0v) is 18.9. The summed E-state index contributed by atoms with van der Waals surface area (Å²) in [6.45, 7) is 2.92. The fourth-order valence-electron chi connectivity index (χ4n) is 7.21. The number of nitrogens with one attached hydrogen (secondary N) is 1. The van der Waals surface area contributed by atoms with Gasteiger partial charge in [0.05, 0.1) is 14.2 Å². The van der Waals surface area contributed by atoms with Crippen LogP contribution in [0.5, 0.6) is 11.5 Å². The topological polar surface area (TPSA) is 47.6 Å². The van der Waals surface area contributed by atoms with Crippen molar-refractivity contribution in [3.63, 3.8) is 0 Å². The van der Waals surface area contributed by atoms with Gasteiger partial charge in [-0.2, -0.15) is 0 Å². The number of carbonyl (C=O) groups excluding carboxylic acids is 1. The van der Waals surface area contributed by atoms with Gasteiger partial charge < -0.3 is 14.8 Å². The van der Waals surface area contributed by atoms with Crippen LogP contribution in [0.2, 0.25) is 0 Å². The van der Waals surface area contributed by atoms with E-state index in [1.807, 2.05) is 0 Å². The average Bonchev–Trinajstić information content (AvgIpc) is 2.76. The molecular weight excluding hydrogens is 386 g/mol. The van der Waals surface area contributed by atoms with Crippen molar-refractivity contribution in [2.24, 2.45) is 17.3 Å². The van der Waals surface area contributed by atoms with E-state index in [1.165, 1.54) is 49.7 Å². The number of carbonyl (C=O) groups is 1. The molecule has 6 rings (SSSR count). The number of benzene rings is 2. The molecule has 4 saturated carbocycles. The zero-order chi connectivity index (χ0) is 21.6. The Morgan fingerprint density at radius 2 is 1.58 bits per heavy atom. The van der Waals surface area contributed by atoms with E-state index in [0.717, 1.165) is 18.4 Å². The summed E-state index contributed by atoms with van der Waals surface area (Å²) in [6.07, 6.45) is 7.69. The molecule has 164 valence electrons. The first-order valence-electron chi connectivity index (χ1n) is 11.5. The van der Waals surface area contributed by atoms with Crippen molar-refractivity contribution in [1.82, 2.24) is 5.32 Å². The average molecular weight is 420 g/mol. The van der Waals surface area contributed by atoms with E-state index in [1.54, 1.807) is 32.4 Å².